The highest BCUT2D eigenvalue weighted by molar-refractivity contribution is 8.01. The van der Waals surface area contributed by atoms with Crippen molar-refractivity contribution in [3.8, 4) is 0 Å². The minimum atomic E-state index is -3.76. The molecule has 2 aromatic carbocycles. The standard InChI is InChI=1S/C24H27N3O3S2/c1-4-26(32(29,30)21-12-6-9-19-11-7-13-25-22(19)21)14-15-27-23(28)18(3)31-24(27)20-10-5-8-17(2)16-20/h5-13,16,18,24H,4,14-15H2,1-3H3/t18-,24-/m1/s1. The predicted molar refractivity (Wildman–Crippen MR) is 129 cm³/mol. The van der Waals surface area contributed by atoms with Gasteiger partial charge in [0.15, 0.2) is 0 Å². The van der Waals surface area contributed by atoms with E-state index in [1.165, 1.54) is 4.31 Å². The quantitative estimate of drug-likeness (QED) is 0.518. The van der Waals surface area contributed by atoms with Crippen LogP contribution >= 0.6 is 11.8 Å². The Hall–Kier alpha value is -2.42. The Balaban J connectivity index is 1.60. The molecule has 0 aliphatic carbocycles. The summed E-state index contributed by atoms with van der Waals surface area (Å²) in [5.74, 6) is 0.0433. The molecular weight excluding hydrogens is 442 g/mol. The summed E-state index contributed by atoms with van der Waals surface area (Å²) < 4.78 is 28.4. The van der Waals surface area contributed by atoms with Crippen molar-refractivity contribution in [1.29, 1.82) is 0 Å². The Kier molecular flexibility index (Phi) is 6.55. The van der Waals surface area contributed by atoms with Crippen LogP contribution in [-0.4, -0.2) is 53.4 Å². The van der Waals surface area contributed by atoms with E-state index in [0.29, 0.717) is 18.6 Å². The second-order valence-corrected chi connectivity index (χ2v) is 11.2. The number of fused-ring (bicyclic) bond motifs is 1. The van der Waals surface area contributed by atoms with Crippen LogP contribution in [0, 0.1) is 6.92 Å². The fraction of sp³-hybridized carbons (Fsp3) is 0.333. The number of benzene rings is 2. The lowest BCUT2D eigenvalue weighted by Gasteiger charge is -2.28. The van der Waals surface area contributed by atoms with Crippen LogP contribution in [0.15, 0.2) is 65.7 Å². The number of hydrogen-bond acceptors (Lipinski definition) is 5. The Labute approximate surface area is 193 Å². The van der Waals surface area contributed by atoms with Crippen molar-refractivity contribution in [2.75, 3.05) is 19.6 Å². The number of amides is 1. The number of rotatable bonds is 7. The van der Waals surface area contributed by atoms with Gasteiger partial charge in [-0.25, -0.2) is 8.42 Å². The van der Waals surface area contributed by atoms with Gasteiger partial charge in [-0.3, -0.25) is 9.78 Å². The van der Waals surface area contributed by atoms with Crippen LogP contribution in [0.1, 0.15) is 30.3 Å². The average Bonchev–Trinajstić information content (AvgIpc) is 3.07. The van der Waals surface area contributed by atoms with E-state index >= 15 is 0 Å². The van der Waals surface area contributed by atoms with Crippen molar-refractivity contribution in [3.63, 3.8) is 0 Å². The molecule has 1 saturated heterocycles. The molecule has 2 atom stereocenters. The molecule has 4 rings (SSSR count). The molecule has 1 aliphatic rings. The molecule has 0 spiro atoms. The molecule has 0 unspecified atom stereocenters. The van der Waals surface area contributed by atoms with Gasteiger partial charge in [0.25, 0.3) is 0 Å². The SMILES string of the molecule is CCN(CCN1C(=O)[C@@H](C)S[C@@H]1c1cccc(C)c1)S(=O)(=O)c1cccc2cccnc12. The summed E-state index contributed by atoms with van der Waals surface area (Å²) in [6.45, 7) is 6.63. The van der Waals surface area contributed by atoms with E-state index in [9.17, 15) is 13.2 Å². The van der Waals surface area contributed by atoms with Crippen molar-refractivity contribution < 1.29 is 13.2 Å². The fourth-order valence-corrected chi connectivity index (χ4v) is 6.98. The minimum absolute atomic E-state index is 0.0433. The molecule has 0 N–H and O–H groups in total. The molecule has 3 aromatic rings. The van der Waals surface area contributed by atoms with E-state index in [-0.39, 0.29) is 28.0 Å². The lowest BCUT2D eigenvalue weighted by molar-refractivity contribution is -0.129. The van der Waals surface area contributed by atoms with Crippen LogP contribution in [-0.2, 0) is 14.8 Å². The number of pyridine rings is 1. The second kappa shape index (κ2) is 9.21. The third kappa shape index (κ3) is 4.27. The molecule has 1 aliphatic heterocycles. The van der Waals surface area contributed by atoms with E-state index in [1.54, 1.807) is 36.2 Å². The monoisotopic (exact) mass is 469 g/mol. The van der Waals surface area contributed by atoms with Crippen LogP contribution in [0.25, 0.3) is 10.9 Å². The van der Waals surface area contributed by atoms with Crippen LogP contribution < -0.4 is 0 Å². The van der Waals surface area contributed by atoms with E-state index in [4.69, 9.17) is 0 Å². The van der Waals surface area contributed by atoms with Crippen LogP contribution in [0.5, 0.6) is 0 Å². The molecule has 1 amide bonds. The van der Waals surface area contributed by atoms with Gasteiger partial charge < -0.3 is 4.90 Å². The lowest BCUT2D eigenvalue weighted by Crippen LogP contribution is -2.40. The van der Waals surface area contributed by atoms with Crippen molar-refractivity contribution in [2.24, 2.45) is 0 Å². The predicted octanol–water partition coefficient (Wildman–Crippen LogP) is 4.22. The smallest absolute Gasteiger partial charge is 0.245 e. The highest BCUT2D eigenvalue weighted by Crippen LogP contribution is 2.43. The largest absolute Gasteiger partial charge is 0.324 e. The molecule has 0 radical (unpaired) electrons. The maximum Gasteiger partial charge on any atom is 0.245 e. The van der Waals surface area contributed by atoms with E-state index < -0.39 is 10.0 Å². The fourth-order valence-electron chi connectivity index (χ4n) is 4.07. The minimum Gasteiger partial charge on any atom is -0.324 e. The maximum absolute atomic E-state index is 13.5. The maximum atomic E-state index is 13.5. The first-order valence-electron chi connectivity index (χ1n) is 10.7. The Morgan fingerprint density at radius 1 is 1.12 bits per heavy atom. The number of likely N-dealkylation sites (N-methyl/N-ethyl adjacent to an activating group) is 1. The number of aryl methyl sites for hydroxylation is 1. The Bertz CT molecular complexity index is 1240. The van der Waals surface area contributed by atoms with Gasteiger partial charge in [0.2, 0.25) is 15.9 Å². The zero-order valence-corrected chi connectivity index (χ0v) is 20.1. The van der Waals surface area contributed by atoms with Crippen LogP contribution in [0.3, 0.4) is 0 Å². The summed E-state index contributed by atoms with van der Waals surface area (Å²) in [7, 11) is -3.76. The van der Waals surface area contributed by atoms with E-state index in [0.717, 1.165) is 16.5 Å². The zero-order chi connectivity index (χ0) is 22.9. The number of sulfonamides is 1. The van der Waals surface area contributed by atoms with Gasteiger partial charge in [-0.05, 0) is 31.5 Å². The van der Waals surface area contributed by atoms with Gasteiger partial charge in [0, 0.05) is 31.2 Å². The van der Waals surface area contributed by atoms with Gasteiger partial charge in [0.1, 0.15) is 10.3 Å². The first-order valence-corrected chi connectivity index (χ1v) is 13.1. The molecule has 6 nitrogen and oxygen atoms in total. The number of carbonyl (C=O) groups is 1. The summed E-state index contributed by atoms with van der Waals surface area (Å²) in [5, 5.41) is 0.511. The van der Waals surface area contributed by atoms with Gasteiger partial charge in [-0.1, -0.05) is 55.0 Å². The summed E-state index contributed by atoms with van der Waals surface area (Å²) in [6, 6.07) is 17.0. The van der Waals surface area contributed by atoms with Crippen molar-refractivity contribution >= 4 is 38.6 Å². The molecular formula is C24H27N3O3S2. The van der Waals surface area contributed by atoms with E-state index in [2.05, 4.69) is 11.1 Å². The van der Waals surface area contributed by atoms with Crippen LogP contribution in [0.4, 0.5) is 0 Å². The number of thioether (sulfide) groups is 1. The second-order valence-electron chi connectivity index (χ2n) is 7.90. The first kappa shape index (κ1) is 22.8. The molecule has 0 saturated carbocycles. The molecule has 1 fully saturated rings. The third-order valence-corrected chi connectivity index (χ3v) is 9.13. The highest BCUT2D eigenvalue weighted by Gasteiger charge is 2.39. The summed E-state index contributed by atoms with van der Waals surface area (Å²) >= 11 is 1.61. The Morgan fingerprint density at radius 2 is 1.88 bits per heavy atom. The highest BCUT2D eigenvalue weighted by atomic mass is 32.2. The Morgan fingerprint density at radius 3 is 2.62 bits per heavy atom. The van der Waals surface area contributed by atoms with Gasteiger partial charge in [0.05, 0.1) is 10.8 Å². The normalized spacial score (nSPS) is 19.2. The number of hydrogen-bond donors (Lipinski definition) is 0. The summed E-state index contributed by atoms with van der Waals surface area (Å²) in [4.78, 5) is 19.2. The van der Waals surface area contributed by atoms with Crippen LogP contribution in [0.2, 0.25) is 0 Å². The third-order valence-electron chi connectivity index (χ3n) is 5.73. The molecule has 32 heavy (non-hydrogen) atoms. The molecule has 8 heteroatoms. The van der Waals surface area contributed by atoms with E-state index in [1.807, 2.05) is 56.0 Å². The first-order chi connectivity index (χ1) is 15.3. The topological polar surface area (TPSA) is 70.6 Å². The number of para-hydroxylation sites is 1. The molecule has 2 heterocycles. The zero-order valence-electron chi connectivity index (χ0n) is 18.4. The summed E-state index contributed by atoms with van der Waals surface area (Å²) in [5.41, 5.74) is 2.67. The molecule has 168 valence electrons. The van der Waals surface area contributed by atoms with Gasteiger partial charge >= 0.3 is 0 Å². The number of nitrogens with zero attached hydrogens (tertiary/aromatic N) is 3. The van der Waals surface area contributed by atoms with Crippen molar-refractivity contribution in [2.45, 2.75) is 36.3 Å². The van der Waals surface area contributed by atoms with Gasteiger partial charge in [-0.2, -0.15) is 4.31 Å². The molecule has 1 aromatic heterocycles. The number of aromatic nitrogens is 1. The number of carbonyl (C=O) groups excluding carboxylic acids is 1. The summed E-state index contributed by atoms with van der Waals surface area (Å²) in [6.07, 6.45) is 1.60. The lowest BCUT2D eigenvalue weighted by atomic mass is 10.1. The van der Waals surface area contributed by atoms with Crippen molar-refractivity contribution in [1.82, 2.24) is 14.2 Å². The van der Waals surface area contributed by atoms with Gasteiger partial charge in [-0.15, -0.1) is 11.8 Å². The average molecular weight is 470 g/mol. The van der Waals surface area contributed by atoms with Crippen molar-refractivity contribution in [3.05, 3.63) is 71.9 Å². The molecule has 0 bridgehead atoms.